The van der Waals surface area contributed by atoms with Crippen LogP contribution in [-0.4, -0.2) is 29.7 Å². The molecule has 3 rings (SSSR count). The number of methoxy groups -OCH3 is 1. The first-order chi connectivity index (χ1) is 12.6. The number of aromatic nitrogens is 2. The van der Waals surface area contributed by atoms with Crippen molar-refractivity contribution >= 4 is 22.6 Å². The van der Waals surface area contributed by atoms with Crippen LogP contribution in [0.2, 0.25) is 0 Å². The van der Waals surface area contributed by atoms with E-state index in [9.17, 15) is 4.79 Å². The number of nitrogens with one attached hydrogen (secondary N) is 1. The minimum atomic E-state index is -0.650. The van der Waals surface area contributed by atoms with Crippen LogP contribution < -0.4 is 25.3 Å². The van der Waals surface area contributed by atoms with Crippen molar-refractivity contribution in [1.29, 1.82) is 0 Å². The summed E-state index contributed by atoms with van der Waals surface area (Å²) in [6.45, 7) is 2.38. The molecule has 2 aromatic carbocycles. The maximum atomic E-state index is 11.0. The van der Waals surface area contributed by atoms with Crippen molar-refractivity contribution in [2.75, 3.05) is 19.0 Å². The van der Waals surface area contributed by atoms with Gasteiger partial charge in [-0.15, -0.1) is 0 Å². The average molecular weight is 354 g/mol. The van der Waals surface area contributed by atoms with Crippen molar-refractivity contribution in [2.24, 2.45) is 5.73 Å². The number of fused-ring (bicyclic) bond motifs is 1. The number of hydrogen-bond acceptors (Lipinski definition) is 6. The van der Waals surface area contributed by atoms with E-state index < -0.39 is 6.03 Å². The van der Waals surface area contributed by atoms with Crippen LogP contribution in [0.4, 0.5) is 10.5 Å². The summed E-state index contributed by atoms with van der Waals surface area (Å²) in [6, 6.07) is 9.71. The maximum Gasteiger partial charge on any atom is 0.316 e. The van der Waals surface area contributed by atoms with Crippen LogP contribution in [0.5, 0.6) is 23.1 Å². The summed E-state index contributed by atoms with van der Waals surface area (Å²) in [6.07, 6.45) is 1.41. The van der Waals surface area contributed by atoms with Gasteiger partial charge in [0.1, 0.15) is 12.1 Å². The SMILES string of the molecule is CCOc1cc2c(Oc3cccc(NC(N)=O)c3)ncnc2cc1OC. The van der Waals surface area contributed by atoms with Gasteiger partial charge in [-0.3, -0.25) is 0 Å². The highest BCUT2D eigenvalue weighted by atomic mass is 16.5. The monoisotopic (exact) mass is 354 g/mol. The number of ether oxygens (including phenoxy) is 3. The Hall–Kier alpha value is -3.55. The number of benzene rings is 2. The van der Waals surface area contributed by atoms with Crippen molar-refractivity contribution in [2.45, 2.75) is 6.92 Å². The number of nitrogens with zero attached hydrogens (tertiary/aromatic N) is 2. The molecule has 0 saturated heterocycles. The molecule has 0 spiro atoms. The van der Waals surface area contributed by atoms with Gasteiger partial charge in [0.25, 0.3) is 0 Å². The zero-order valence-electron chi connectivity index (χ0n) is 14.4. The Labute approximate surface area is 149 Å². The number of rotatable bonds is 6. The van der Waals surface area contributed by atoms with Crippen LogP contribution in [0, 0.1) is 0 Å². The van der Waals surface area contributed by atoms with Crippen LogP contribution >= 0.6 is 0 Å². The molecule has 0 radical (unpaired) electrons. The molecule has 0 unspecified atom stereocenters. The van der Waals surface area contributed by atoms with Crippen molar-refractivity contribution in [3.63, 3.8) is 0 Å². The molecular formula is C18H18N4O4. The Morgan fingerprint density at radius 2 is 2.04 bits per heavy atom. The normalized spacial score (nSPS) is 10.4. The molecule has 0 aliphatic heterocycles. The minimum absolute atomic E-state index is 0.356. The zero-order valence-corrected chi connectivity index (χ0v) is 14.4. The van der Waals surface area contributed by atoms with Crippen molar-refractivity contribution in [1.82, 2.24) is 9.97 Å². The second kappa shape index (κ2) is 7.56. The van der Waals surface area contributed by atoms with E-state index in [0.717, 1.165) is 0 Å². The molecule has 3 aromatic rings. The Morgan fingerprint density at radius 1 is 1.19 bits per heavy atom. The first-order valence-corrected chi connectivity index (χ1v) is 7.90. The van der Waals surface area contributed by atoms with E-state index in [1.165, 1.54) is 6.33 Å². The molecule has 0 atom stereocenters. The van der Waals surface area contributed by atoms with Crippen LogP contribution in [0.3, 0.4) is 0 Å². The fourth-order valence-corrected chi connectivity index (χ4v) is 2.44. The van der Waals surface area contributed by atoms with E-state index in [0.29, 0.717) is 46.3 Å². The number of carbonyl (C=O) groups excluding carboxylic acids is 1. The predicted molar refractivity (Wildman–Crippen MR) is 97.0 cm³/mol. The van der Waals surface area contributed by atoms with Gasteiger partial charge in [-0.05, 0) is 25.1 Å². The molecule has 8 heteroatoms. The third-order valence-electron chi connectivity index (χ3n) is 3.50. The zero-order chi connectivity index (χ0) is 18.5. The van der Waals surface area contributed by atoms with Crippen LogP contribution in [0.15, 0.2) is 42.7 Å². The summed E-state index contributed by atoms with van der Waals surface area (Å²) < 4.78 is 16.8. The standard InChI is InChI=1S/C18H18N4O4/c1-3-25-16-8-13-14(9-15(16)24-2)20-10-21-17(13)26-12-6-4-5-11(7-12)22-18(19)23/h4-10H,3H2,1-2H3,(H3,19,22,23). The molecule has 134 valence electrons. The predicted octanol–water partition coefficient (Wildman–Crippen LogP) is 3.32. The second-order valence-corrected chi connectivity index (χ2v) is 5.25. The number of primary amides is 1. The van der Waals surface area contributed by atoms with Gasteiger partial charge in [-0.2, -0.15) is 0 Å². The lowest BCUT2D eigenvalue weighted by molar-refractivity contribution is 0.259. The fourth-order valence-electron chi connectivity index (χ4n) is 2.44. The summed E-state index contributed by atoms with van der Waals surface area (Å²) in [5, 5.41) is 3.17. The van der Waals surface area contributed by atoms with E-state index in [-0.39, 0.29) is 0 Å². The lowest BCUT2D eigenvalue weighted by atomic mass is 10.2. The molecule has 1 heterocycles. The maximum absolute atomic E-state index is 11.0. The number of nitrogens with two attached hydrogens (primary N) is 1. The number of urea groups is 1. The van der Waals surface area contributed by atoms with Crippen LogP contribution in [0.1, 0.15) is 6.92 Å². The molecule has 2 amide bonds. The van der Waals surface area contributed by atoms with Gasteiger partial charge in [0, 0.05) is 17.8 Å². The Bertz CT molecular complexity index is 946. The topological polar surface area (TPSA) is 109 Å². The van der Waals surface area contributed by atoms with E-state index in [4.69, 9.17) is 19.9 Å². The summed E-state index contributed by atoms with van der Waals surface area (Å²) in [5.74, 6) is 2.00. The van der Waals surface area contributed by atoms with E-state index in [1.54, 1.807) is 43.5 Å². The highest BCUT2D eigenvalue weighted by Crippen LogP contribution is 2.36. The lowest BCUT2D eigenvalue weighted by Crippen LogP contribution is -2.19. The minimum Gasteiger partial charge on any atom is -0.493 e. The summed E-state index contributed by atoms with van der Waals surface area (Å²) in [5.41, 5.74) is 6.31. The summed E-state index contributed by atoms with van der Waals surface area (Å²) in [4.78, 5) is 19.5. The molecule has 26 heavy (non-hydrogen) atoms. The van der Waals surface area contributed by atoms with Crippen molar-refractivity contribution < 1.29 is 19.0 Å². The van der Waals surface area contributed by atoms with Crippen LogP contribution in [-0.2, 0) is 0 Å². The van der Waals surface area contributed by atoms with Crippen molar-refractivity contribution in [3.8, 4) is 23.1 Å². The molecule has 0 aliphatic rings. The van der Waals surface area contributed by atoms with E-state index in [2.05, 4.69) is 15.3 Å². The van der Waals surface area contributed by atoms with Crippen LogP contribution in [0.25, 0.3) is 10.9 Å². The second-order valence-electron chi connectivity index (χ2n) is 5.25. The quantitative estimate of drug-likeness (QED) is 0.703. The highest BCUT2D eigenvalue weighted by Gasteiger charge is 2.13. The van der Waals surface area contributed by atoms with E-state index >= 15 is 0 Å². The Balaban J connectivity index is 2.00. The van der Waals surface area contributed by atoms with Gasteiger partial charge in [-0.1, -0.05) is 6.07 Å². The molecule has 3 N–H and O–H groups in total. The number of carbonyl (C=O) groups is 1. The summed E-state index contributed by atoms with van der Waals surface area (Å²) >= 11 is 0. The molecule has 0 saturated carbocycles. The van der Waals surface area contributed by atoms with Gasteiger partial charge in [-0.25, -0.2) is 14.8 Å². The molecule has 1 aromatic heterocycles. The largest absolute Gasteiger partial charge is 0.493 e. The smallest absolute Gasteiger partial charge is 0.316 e. The first kappa shape index (κ1) is 17.3. The highest BCUT2D eigenvalue weighted by molar-refractivity contribution is 5.88. The number of anilines is 1. The molecule has 0 aliphatic carbocycles. The first-order valence-electron chi connectivity index (χ1n) is 7.90. The summed E-state index contributed by atoms with van der Waals surface area (Å²) in [7, 11) is 1.57. The Kier molecular flexibility index (Phi) is 5.02. The van der Waals surface area contributed by atoms with Gasteiger partial charge in [0.15, 0.2) is 11.5 Å². The van der Waals surface area contributed by atoms with Gasteiger partial charge in [0.05, 0.1) is 24.6 Å². The molecule has 0 fully saturated rings. The van der Waals surface area contributed by atoms with Gasteiger partial charge >= 0.3 is 6.03 Å². The molecule has 0 bridgehead atoms. The number of hydrogen-bond donors (Lipinski definition) is 2. The van der Waals surface area contributed by atoms with Gasteiger partial charge < -0.3 is 25.3 Å². The van der Waals surface area contributed by atoms with Crippen molar-refractivity contribution in [3.05, 3.63) is 42.7 Å². The molecular weight excluding hydrogens is 336 g/mol. The Morgan fingerprint density at radius 3 is 2.77 bits per heavy atom. The van der Waals surface area contributed by atoms with E-state index in [1.807, 2.05) is 6.92 Å². The third-order valence-corrected chi connectivity index (χ3v) is 3.50. The lowest BCUT2D eigenvalue weighted by Gasteiger charge is -2.12. The fraction of sp³-hybridized carbons (Fsp3) is 0.167. The van der Waals surface area contributed by atoms with Gasteiger partial charge in [0.2, 0.25) is 5.88 Å². The average Bonchev–Trinajstić information content (AvgIpc) is 2.62. The third kappa shape index (κ3) is 3.75. The molecule has 8 nitrogen and oxygen atoms in total. The number of amides is 2.